The van der Waals surface area contributed by atoms with E-state index >= 15 is 0 Å². The molecule has 2 rings (SSSR count). The van der Waals surface area contributed by atoms with Crippen LogP contribution in [0.5, 0.6) is 0 Å². The first-order valence-corrected chi connectivity index (χ1v) is 5.91. The van der Waals surface area contributed by atoms with Gasteiger partial charge >= 0.3 is 0 Å². The van der Waals surface area contributed by atoms with E-state index in [0.717, 1.165) is 0 Å². The lowest BCUT2D eigenvalue weighted by atomic mass is 10.1. The van der Waals surface area contributed by atoms with Gasteiger partial charge in [-0.3, -0.25) is 4.79 Å². The van der Waals surface area contributed by atoms with E-state index in [4.69, 9.17) is 4.42 Å². The van der Waals surface area contributed by atoms with Gasteiger partial charge in [0.1, 0.15) is 5.82 Å². The molecule has 16 heavy (non-hydrogen) atoms. The average Bonchev–Trinajstić information content (AvgIpc) is 2.68. The molecule has 0 N–H and O–H groups in total. The summed E-state index contributed by atoms with van der Waals surface area (Å²) >= 11 is 6.22. The largest absolute Gasteiger partial charge is 0.460 e. The Morgan fingerprint density at radius 3 is 2.62 bits per heavy atom. The topological polar surface area (TPSA) is 30.2 Å². The van der Waals surface area contributed by atoms with Crippen molar-refractivity contribution >= 4 is 37.6 Å². The van der Waals surface area contributed by atoms with E-state index in [-0.39, 0.29) is 21.6 Å². The summed E-state index contributed by atoms with van der Waals surface area (Å²) in [6.45, 7) is 0. The van der Waals surface area contributed by atoms with E-state index in [1.165, 1.54) is 24.5 Å². The number of hydrogen-bond acceptors (Lipinski definition) is 2. The van der Waals surface area contributed by atoms with Gasteiger partial charge in [0.25, 0.3) is 0 Å². The molecule has 82 valence electrons. The van der Waals surface area contributed by atoms with Crippen molar-refractivity contribution in [3.05, 3.63) is 56.6 Å². The van der Waals surface area contributed by atoms with Gasteiger partial charge in [0.2, 0.25) is 5.78 Å². The van der Waals surface area contributed by atoms with Crippen LogP contribution >= 0.6 is 31.9 Å². The minimum atomic E-state index is -0.478. The van der Waals surface area contributed by atoms with Gasteiger partial charge in [0.05, 0.1) is 15.2 Å². The molecule has 0 saturated carbocycles. The summed E-state index contributed by atoms with van der Waals surface area (Å²) < 4.78 is 19.0. The Morgan fingerprint density at radius 1 is 1.25 bits per heavy atom. The number of furan rings is 1. The summed E-state index contributed by atoms with van der Waals surface area (Å²) in [4.78, 5) is 12.0. The molecule has 1 aromatic heterocycles. The van der Waals surface area contributed by atoms with E-state index < -0.39 is 5.82 Å². The van der Waals surface area contributed by atoms with Crippen LogP contribution in [-0.4, -0.2) is 5.78 Å². The van der Waals surface area contributed by atoms with Crippen molar-refractivity contribution in [2.75, 3.05) is 0 Å². The van der Waals surface area contributed by atoms with Crippen LogP contribution in [0.25, 0.3) is 0 Å². The third kappa shape index (κ3) is 1.97. The minimum Gasteiger partial charge on any atom is -0.460 e. The summed E-state index contributed by atoms with van der Waals surface area (Å²) in [6.07, 6.45) is 1.39. The Kier molecular flexibility index (Phi) is 3.25. The first-order chi connectivity index (χ1) is 7.61. The van der Waals surface area contributed by atoms with Crippen LogP contribution in [0, 0.1) is 5.82 Å². The molecule has 0 amide bonds. The molecule has 0 aliphatic carbocycles. The van der Waals surface area contributed by atoms with Crippen LogP contribution in [0.3, 0.4) is 0 Å². The maximum atomic E-state index is 13.2. The van der Waals surface area contributed by atoms with Crippen LogP contribution < -0.4 is 0 Å². The normalized spacial score (nSPS) is 10.4. The van der Waals surface area contributed by atoms with Crippen molar-refractivity contribution in [1.29, 1.82) is 0 Å². The van der Waals surface area contributed by atoms with E-state index in [1.54, 1.807) is 6.07 Å². The molecule has 0 aliphatic rings. The SMILES string of the molecule is O=C(c1cccc(F)c1Br)c1occc1Br. The predicted molar refractivity (Wildman–Crippen MR) is 63.9 cm³/mol. The smallest absolute Gasteiger partial charge is 0.230 e. The number of benzene rings is 1. The van der Waals surface area contributed by atoms with E-state index in [0.29, 0.717) is 4.47 Å². The van der Waals surface area contributed by atoms with Crippen LogP contribution in [-0.2, 0) is 0 Å². The van der Waals surface area contributed by atoms with Gasteiger partial charge < -0.3 is 4.42 Å². The lowest BCUT2D eigenvalue weighted by Crippen LogP contribution is -2.02. The van der Waals surface area contributed by atoms with Crippen molar-refractivity contribution < 1.29 is 13.6 Å². The summed E-state index contributed by atoms with van der Waals surface area (Å²) in [7, 11) is 0. The number of ketones is 1. The minimum absolute atomic E-state index is 0.142. The van der Waals surface area contributed by atoms with Gasteiger partial charge in [-0.05, 0) is 50.1 Å². The Labute approximate surface area is 108 Å². The third-order valence-corrected chi connectivity index (χ3v) is 3.45. The second-order valence-electron chi connectivity index (χ2n) is 3.03. The number of hydrogen-bond donors (Lipinski definition) is 0. The van der Waals surface area contributed by atoms with Gasteiger partial charge in [-0.25, -0.2) is 4.39 Å². The van der Waals surface area contributed by atoms with Crippen molar-refractivity contribution in [3.63, 3.8) is 0 Å². The van der Waals surface area contributed by atoms with Crippen LogP contribution in [0.1, 0.15) is 16.1 Å². The van der Waals surface area contributed by atoms with Gasteiger partial charge in [-0.2, -0.15) is 0 Å². The molecule has 0 spiro atoms. The summed E-state index contributed by atoms with van der Waals surface area (Å²) in [6, 6.07) is 5.90. The fourth-order valence-corrected chi connectivity index (χ4v) is 2.08. The number of carbonyl (C=O) groups is 1. The van der Waals surface area contributed by atoms with Crippen molar-refractivity contribution in [3.8, 4) is 0 Å². The van der Waals surface area contributed by atoms with Crippen molar-refractivity contribution in [1.82, 2.24) is 0 Å². The Hall–Kier alpha value is -0.940. The number of rotatable bonds is 2. The lowest BCUT2D eigenvalue weighted by Gasteiger charge is -2.02. The zero-order valence-electron chi connectivity index (χ0n) is 7.84. The van der Waals surface area contributed by atoms with Crippen LogP contribution in [0.2, 0.25) is 0 Å². The quantitative estimate of drug-likeness (QED) is 0.763. The summed E-state index contributed by atoms with van der Waals surface area (Å²) in [5.74, 6) is -0.692. The lowest BCUT2D eigenvalue weighted by molar-refractivity contribution is 0.101. The number of halogens is 3. The second kappa shape index (κ2) is 4.51. The maximum absolute atomic E-state index is 13.2. The molecular formula is C11H5Br2FO2. The molecule has 5 heteroatoms. The second-order valence-corrected chi connectivity index (χ2v) is 4.68. The predicted octanol–water partition coefficient (Wildman–Crippen LogP) is 4.17. The van der Waals surface area contributed by atoms with Crippen LogP contribution in [0.4, 0.5) is 4.39 Å². The Morgan fingerprint density at radius 2 is 2.00 bits per heavy atom. The van der Waals surface area contributed by atoms with Gasteiger partial charge in [0.15, 0.2) is 5.76 Å². The molecule has 2 aromatic rings. The number of carbonyl (C=O) groups excluding carboxylic acids is 1. The third-order valence-electron chi connectivity index (χ3n) is 2.02. The molecule has 0 aliphatic heterocycles. The van der Waals surface area contributed by atoms with E-state index in [1.807, 2.05) is 0 Å². The van der Waals surface area contributed by atoms with Gasteiger partial charge in [-0.15, -0.1) is 0 Å². The molecule has 2 nitrogen and oxygen atoms in total. The van der Waals surface area contributed by atoms with Crippen molar-refractivity contribution in [2.24, 2.45) is 0 Å². The van der Waals surface area contributed by atoms with E-state index in [2.05, 4.69) is 31.9 Å². The highest BCUT2D eigenvalue weighted by Crippen LogP contribution is 2.26. The molecule has 0 radical (unpaired) electrons. The first-order valence-electron chi connectivity index (χ1n) is 4.33. The van der Waals surface area contributed by atoms with E-state index in [9.17, 15) is 9.18 Å². The molecule has 0 atom stereocenters. The standard InChI is InChI=1S/C11H5Br2FO2/c12-7-4-5-16-11(7)10(15)6-2-1-3-8(14)9(6)13/h1-5H. The van der Waals surface area contributed by atoms with Gasteiger partial charge in [0, 0.05) is 5.56 Å². The maximum Gasteiger partial charge on any atom is 0.230 e. The molecule has 1 heterocycles. The summed E-state index contributed by atoms with van der Waals surface area (Å²) in [5, 5.41) is 0. The zero-order valence-corrected chi connectivity index (χ0v) is 11.0. The zero-order chi connectivity index (χ0) is 11.7. The molecular weight excluding hydrogens is 343 g/mol. The molecule has 0 unspecified atom stereocenters. The molecule has 0 saturated heterocycles. The van der Waals surface area contributed by atoms with Gasteiger partial charge in [-0.1, -0.05) is 6.07 Å². The van der Waals surface area contributed by atoms with Crippen LogP contribution in [0.15, 0.2) is 43.9 Å². The monoisotopic (exact) mass is 346 g/mol. The Balaban J connectivity index is 2.50. The summed E-state index contributed by atoms with van der Waals surface area (Å²) in [5.41, 5.74) is 0.232. The fourth-order valence-electron chi connectivity index (χ4n) is 1.26. The molecule has 0 bridgehead atoms. The average molecular weight is 348 g/mol. The highest BCUT2D eigenvalue weighted by Gasteiger charge is 2.19. The molecule has 1 aromatic carbocycles. The highest BCUT2D eigenvalue weighted by atomic mass is 79.9. The Bertz CT molecular complexity index is 549. The molecule has 0 fully saturated rings. The van der Waals surface area contributed by atoms with Crippen molar-refractivity contribution in [2.45, 2.75) is 0 Å². The first kappa shape index (κ1) is 11.5. The fraction of sp³-hybridized carbons (Fsp3) is 0. The highest BCUT2D eigenvalue weighted by molar-refractivity contribution is 9.11.